The molecule has 3 unspecified atom stereocenters. The van der Waals surface area contributed by atoms with E-state index in [9.17, 15) is 19.5 Å². The number of amides is 1. The van der Waals surface area contributed by atoms with Crippen LogP contribution in [-0.4, -0.2) is 48.2 Å². The van der Waals surface area contributed by atoms with Gasteiger partial charge in [0.2, 0.25) is 0 Å². The molecule has 8 heteroatoms. The minimum absolute atomic E-state index is 0.00968. The number of benzene rings is 1. The van der Waals surface area contributed by atoms with Crippen LogP contribution >= 0.6 is 0 Å². The van der Waals surface area contributed by atoms with Gasteiger partial charge in [-0.1, -0.05) is 44.2 Å². The van der Waals surface area contributed by atoms with Gasteiger partial charge in [-0.25, -0.2) is 9.59 Å². The zero-order chi connectivity index (χ0) is 22.1. The van der Waals surface area contributed by atoms with E-state index in [0.29, 0.717) is 23.5 Å². The van der Waals surface area contributed by atoms with Crippen molar-refractivity contribution in [2.45, 2.75) is 70.2 Å². The number of aliphatic hydroxyl groups is 1. The molecule has 1 aromatic carbocycles. The van der Waals surface area contributed by atoms with E-state index < -0.39 is 36.0 Å². The van der Waals surface area contributed by atoms with Crippen LogP contribution in [0.2, 0.25) is 0 Å². The van der Waals surface area contributed by atoms with Gasteiger partial charge in [-0.15, -0.1) is 0 Å². The third-order valence-corrected chi connectivity index (χ3v) is 5.47. The maximum absolute atomic E-state index is 12.3. The summed E-state index contributed by atoms with van der Waals surface area (Å²) in [6.45, 7) is 1.48. The molecular formula is C22H32N2O6. The smallest absolute Gasteiger partial charge is 0.337 e. The van der Waals surface area contributed by atoms with Crippen molar-refractivity contribution in [2.24, 2.45) is 11.7 Å². The fourth-order valence-electron chi connectivity index (χ4n) is 3.62. The fraction of sp³-hybridized carbons (Fsp3) is 0.591. The van der Waals surface area contributed by atoms with Crippen LogP contribution in [-0.2, 0) is 25.7 Å². The van der Waals surface area contributed by atoms with Crippen LogP contribution in [0.15, 0.2) is 24.3 Å². The van der Waals surface area contributed by atoms with Crippen LogP contribution < -0.4 is 11.1 Å². The van der Waals surface area contributed by atoms with Gasteiger partial charge in [0.05, 0.1) is 12.7 Å². The lowest BCUT2D eigenvalue weighted by atomic mass is 9.84. The quantitative estimate of drug-likeness (QED) is 0.519. The average molecular weight is 421 g/mol. The predicted molar refractivity (Wildman–Crippen MR) is 110 cm³/mol. The van der Waals surface area contributed by atoms with Crippen LogP contribution in [0.4, 0.5) is 0 Å². The van der Waals surface area contributed by atoms with Crippen LogP contribution in [0.25, 0.3) is 0 Å². The Morgan fingerprint density at radius 2 is 1.80 bits per heavy atom. The molecule has 1 aromatic rings. The minimum atomic E-state index is -1.37. The summed E-state index contributed by atoms with van der Waals surface area (Å²) in [5.41, 5.74) is 7.10. The maximum atomic E-state index is 12.3. The summed E-state index contributed by atoms with van der Waals surface area (Å²) in [6, 6.07) is 4.86. The Bertz CT molecular complexity index is 715. The number of rotatable bonds is 9. The van der Waals surface area contributed by atoms with Crippen LogP contribution in [0.1, 0.15) is 61.4 Å². The minimum Gasteiger partial charge on any atom is -0.465 e. The molecule has 1 aliphatic rings. The number of hydrogen-bond donors (Lipinski definition) is 3. The molecule has 1 fully saturated rings. The van der Waals surface area contributed by atoms with E-state index in [0.717, 1.165) is 25.7 Å². The summed E-state index contributed by atoms with van der Waals surface area (Å²) in [4.78, 5) is 35.8. The molecule has 0 aromatic heterocycles. The first kappa shape index (κ1) is 23.8. The van der Waals surface area contributed by atoms with Crippen molar-refractivity contribution in [1.29, 1.82) is 0 Å². The molecule has 0 saturated heterocycles. The van der Waals surface area contributed by atoms with Gasteiger partial charge < -0.3 is 25.6 Å². The van der Waals surface area contributed by atoms with Crippen molar-refractivity contribution < 1.29 is 29.0 Å². The van der Waals surface area contributed by atoms with E-state index >= 15 is 0 Å². The molecule has 30 heavy (non-hydrogen) atoms. The van der Waals surface area contributed by atoms with Gasteiger partial charge in [-0.3, -0.25) is 4.79 Å². The highest BCUT2D eigenvalue weighted by Crippen LogP contribution is 2.27. The summed E-state index contributed by atoms with van der Waals surface area (Å²) in [7, 11) is 1.30. The van der Waals surface area contributed by atoms with E-state index in [4.69, 9.17) is 10.5 Å². The first-order valence-electron chi connectivity index (χ1n) is 10.4. The van der Waals surface area contributed by atoms with Gasteiger partial charge in [0.1, 0.15) is 18.8 Å². The Balaban J connectivity index is 1.76. The Hall–Kier alpha value is -2.45. The Morgan fingerprint density at radius 3 is 2.40 bits per heavy atom. The normalized spacial score (nSPS) is 17.5. The number of nitrogens with two attached hydrogens (primary N) is 1. The second-order valence-corrected chi connectivity index (χ2v) is 7.87. The summed E-state index contributed by atoms with van der Waals surface area (Å²) in [5.74, 6) is -1.32. The van der Waals surface area contributed by atoms with Crippen molar-refractivity contribution in [2.75, 3.05) is 7.11 Å². The van der Waals surface area contributed by atoms with Crippen molar-refractivity contribution in [3.63, 3.8) is 0 Å². The first-order valence-corrected chi connectivity index (χ1v) is 10.4. The molecule has 0 heterocycles. The monoisotopic (exact) mass is 420 g/mol. The lowest BCUT2D eigenvalue weighted by Crippen LogP contribution is -2.51. The van der Waals surface area contributed by atoms with Crippen LogP contribution in [0.5, 0.6) is 0 Å². The Morgan fingerprint density at radius 1 is 1.17 bits per heavy atom. The molecule has 8 nitrogen and oxygen atoms in total. The van der Waals surface area contributed by atoms with Gasteiger partial charge in [0.25, 0.3) is 5.91 Å². The summed E-state index contributed by atoms with van der Waals surface area (Å²) in [5, 5.41) is 12.7. The Kier molecular flexibility index (Phi) is 9.26. The SMILES string of the molecule is COC(=O)c1ccc(COC(=O)C(C)NC(=O)C(O)C(N)CC2CCCCC2)cc1. The third-order valence-electron chi connectivity index (χ3n) is 5.47. The number of ether oxygens (including phenoxy) is 2. The molecule has 0 aliphatic heterocycles. The van der Waals surface area contributed by atoms with E-state index in [-0.39, 0.29) is 6.61 Å². The third kappa shape index (κ3) is 7.11. The second-order valence-electron chi connectivity index (χ2n) is 7.87. The zero-order valence-corrected chi connectivity index (χ0v) is 17.6. The number of esters is 2. The molecule has 4 N–H and O–H groups in total. The van der Waals surface area contributed by atoms with E-state index in [1.165, 1.54) is 20.5 Å². The summed E-state index contributed by atoms with van der Waals surface area (Å²) in [6.07, 6.45) is 4.92. The largest absolute Gasteiger partial charge is 0.465 e. The molecule has 1 amide bonds. The molecule has 1 aliphatic carbocycles. The van der Waals surface area contributed by atoms with Crippen molar-refractivity contribution in [1.82, 2.24) is 5.32 Å². The molecule has 0 bridgehead atoms. The Labute approximate surface area is 177 Å². The van der Waals surface area contributed by atoms with Gasteiger partial charge in [-0.2, -0.15) is 0 Å². The molecular weight excluding hydrogens is 388 g/mol. The van der Waals surface area contributed by atoms with E-state index in [2.05, 4.69) is 10.1 Å². The number of nitrogens with one attached hydrogen (secondary N) is 1. The van der Waals surface area contributed by atoms with Crippen molar-refractivity contribution in [3.8, 4) is 0 Å². The lowest BCUT2D eigenvalue weighted by molar-refractivity contribution is -0.149. The number of aliphatic hydroxyl groups excluding tert-OH is 1. The zero-order valence-electron chi connectivity index (χ0n) is 17.6. The molecule has 166 valence electrons. The number of hydrogen-bond acceptors (Lipinski definition) is 7. The van der Waals surface area contributed by atoms with E-state index in [1.54, 1.807) is 24.3 Å². The second kappa shape index (κ2) is 11.7. The molecule has 2 rings (SSSR count). The average Bonchev–Trinajstić information content (AvgIpc) is 2.77. The highest BCUT2D eigenvalue weighted by molar-refractivity contribution is 5.89. The van der Waals surface area contributed by atoms with Crippen LogP contribution in [0, 0.1) is 5.92 Å². The van der Waals surface area contributed by atoms with Crippen molar-refractivity contribution in [3.05, 3.63) is 35.4 Å². The molecule has 0 spiro atoms. The van der Waals surface area contributed by atoms with Crippen molar-refractivity contribution >= 4 is 17.8 Å². The fourth-order valence-corrected chi connectivity index (χ4v) is 3.62. The highest BCUT2D eigenvalue weighted by Gasteiger charge is 2.28. The predicted octanol–water partition coefficient (Wildman–Crippen LogP) is 1.68. The summed E-state index contributed by atoms with van der Waals surface area (Å²) >= 11 is 0. The number of carbonyl (C=O) groups excluding carboxylic acids is 3. The number of carbonyl (C=O) groups is 3. The molecule has 3 atom stereocenters. The van der Waals surface area contributed by atoms with Gasteiger partial charge in [0.15, 0.2) is 0 Å². The van der Waals surface area contributed by atoms with Crippen LogP contribution in [0.3, 0.4) is 0 Å². The highest BCUT2D eigenvalue weighted by atomic mass is 16.5. The van der Waals surface area contributed by atoms with Gasteiger partial charge in [0, 0.05) is 6.04 Å². The molecule has 1 saturated carbocycles. The molecule has 0 radical (unpaired) electrons. The lowest BCUT2D eigenvalue weighted by Gasteiger charge is -2.27. The summed E-state index contributed by atoms with van der Waals surface area (Å²) < 4.78 is 9.82. The van der Waals surface area contributed by atoms with E-state index in [1.807, 2.05) is 0 Å². The standard InChI is InChI=1S/C22H32N2O6/c1-14(21(27)30-13-16-8-10-17(11-9-16)22(28)29-2)24-20(26)19(25)18(23)12-15-6-4-3-5-7-15/h8-11,14-15,18-19,25H,3-7,12-13,23H2,1-2H3,(H,24,26). The maximum Gasteiger partial charge on any atom is 0.337 e. The number of methoxy groups -OCH3 is 1. The van der Waals surface area contributed by atoms with Gasteiger partial charge >= 0.3 is 11.9 Å². The first-order chi connectivity index (χ1) is 14.3. The van der Waals surface area contributed by atoms with Gasteiger partial charge in [-0.05, 0) is 37.0 Å². The topological polar surface area (TPSA) is 128 Å².